The summed E-state index contributed by atoms with van der Waals surface area (Å²) in [6.07, 6.45) is 0.655. The monoisotopic (exact) mass is 328 g/mol. The average Bonchev–Trinajstić information content (AvgIpc) is 2.89. The van der Waals surface area contributed by atoms with Crippen LogP contribution >= 0.6 is 23.7 Å². The van der Waals surface area contributed by atoms with Crippen LogP contribution in [0.15, 0.2) is 30.3 Å². The van der Waals surface area contributed by atoms with Crippen LogP contribution in [0.4, 0.5) is 0 Å². The quantitative estimate of drug-likeness (QED) is 0.684. The smallest absolute Gasteiger partial charge is 0.220 e. The van der Waals surface area contributed by atoms with Gasteiger partial charge in [0.05, 0.1) is 0 Å². The number of aliphatic hydroxyl groups is 1. The van der Waals surface area contributed by atoms with Gasteiger partial charge in [-0.3, -0.25) is 4.79 Å². The van der Waals surface area contributed by atoms with Gasteiger partial charge in [-0.25, -0.2) is 0 Å². The van der Waals surface area contributed by atoms with Crippen molar-refractivity contribution in [2.45, 2.75) is 18.9 Å². The standard InChI is InChI=1S/C15H20N2O2S.ClH/c1-16-8-4-7-15(19)17-10-12(18)14-9-11-5-2-3-6-13(11)20-14;/h2-3,5-6,9,12,16,18H,4,7-8,10H2,1H3,(H,17,19);1H. The molecule has 6 heteroatoms. The summed E-state index contributed by atoms with van der Waals surface area (Å²) in [5, 5.41) is 17.0. The van der Waals surface area contributed by atoms with Gasteiger partial charge in [-0.1, -0.05) is 18.2 Å². The number of hydrogen-bond donors (Lipinski definition) is 3. The third-order valence-electron chi connectivity index (χ3n) is 3.10. The molecular weight excluding hydrogens is 308 g/mol. The maximum Gasteiger partial charge on any atom is 0.220 e. The van der Waals surface area contributed by atoms with Gasteiger partial charge in [0, 0.05) is 22.5 Å². The fourth-order valence-corrected chi connectivity index (χ4v) is 3.04. The lowest BCUT2D eigenvalue weighted by atomic mass is 10.2. The largest absolute Gasteiger partial charge is 0.386 e. The number of amides is 1. The third-order valence-corrected chi connectivity index (χ3v) is 4.31. The zero-order valence-electron chi connectivity index (χ0n) is 12.0. The fraction of sp³-hybridized carbons (Fsp3) is 0.400. The Labute approximate surface area is 135 Å². The topological polar surface area (TPSA) is 61.4 Å². The van der Waals surface area contributed by atoms with E-state index in [4.69, 9.17) is 0 Å². The van der Waals surface area contributed by atoms with E-state index in [1.54, 1.807) is 11.3 Å². The van der Waals surface area contributed by atoms with Crippen LogP contribution < -0.4 is 10.6 Å². The summed E-state index contributed by atoms with van der Waals surface area (Å²) < 4.78 is 1.15. The van der Waals surface area contributed by atoms with Crippen molar-refractivity contribution in [3.63, 3.8) is 0 Å². The van der Waals surface area contributed by atoms with E-state index >= 15 is 0 Å². The van der Waals surface area contributed by atoms with Crippen molar-refractivity contribution in [2.24, 2.45) is 0 Å². The summed E-state index contributed by atoms with van der Waals surface area (Å²) in [4.78, 5) is 12.5. The molecule has 0 saturated heterocycles. The van der Waals surface area contributed by atoms with Gasteiger partial charge in [-0.15, -0.1) is 23.7 Å². The molecule has 1 heterocycles. The highest BCUT2D eigenvalue weighted by Crippen LogP contribution is 2.29. The van der Waals surface area contributed by atoms with Crippen LogP contribution in [0.25, 0.3) is 10.1 Å². The lowest BCUT2D eigenvalue weighted by Gasteiger charge is -2.10. The van der Waals surface area contributed by atoms with Crippen LogP contribution in [0.5, 0.6) is 0 Å². The lowest BCUT2D eigenvalue weighted by Crippen LogP contribution is -2.28. The summed E-state index contributed by atoms with van der Waals surface area (Å²) in [7, 11) is 1.86. The highest BCUT2D eigenvalue weighted by molar-refractivity contribution is 7.19. The van der Waals surface area contributed by atoms with Gasteiger partial charge < -0.3 is 15.7 Å². The summed E-state index contributed by atoms with van der Waals surface area (Å²) in [5.74, 6) is -0.0135. The number of fused-ring (bicyclic) bond motifs is 1. The molecule has 4 nitrogen and oxygen atoms in total. The SMILES string of the molecule is CNCCCC(=O)NCC(O)c1cc2ccccc2s1.Cl. The predicted octanol–water partition coefficient (Wildman–Crippen LogP) is 2.47. The first-order chi connectivity index (χ1) is 9.70. The number of nitrogens with one attached hydrogen (secondary N) is 2. The summed E-state index contributed by atoms with van der Waals surface area (Å²) in [6.45, 7) is 1.09. The van der Waals surface area contributed by atoms with Crippen molar-refractivity contribution in [1.82, 2.24) is 10.6 Å². The van der Waals surface area contributed by atoms with Gasteiger partial charge in [0.25, 0.3) is 0 Å². The number of aliphatic hydroxyl groups excluding tert-OH is 1. The van der Waals surface area contributed by atoms with Crippen molar-refractivity contribution in [3.8, 4) is 0 Å². The second-order valence-electron chi connectivity index (χ2n) is 4.71. The highest BCUT2D eigenvalue weighted by Gasteiger charge is 2.12. The van der Waals surface area contributed by atoms with E-state index in [-0.39, 0.29) is 24.9 Å². The Bertz CT molecular complexity index is 541. The minimum atomic E-state index is -0.638. The summed E-state index contributed by atoms with van der Waals surface area (Å²) >= 11 is 1.57. The first kappa shape index (κ1) is 17.9. The number of halogens is 1. The molecule has 1 unspecified atom stereocenters. The van der Waals surface area contributed by atoms with E-state index in [1.807, 2.05) is 37.4 Å². The zero-order valence-corrected chi connectivity index (χ0v) is 13.6. The van der Waals surface area contributed by atoms with Crippen LogP contribution in [0, 0.1) is 0 Å². The Morgan fingerprint density at radius 1 is 1.38 bits per heavy atom. The molecule has 0 fully saturated rings. The maximum atomic E-state index is 11.6. The Morgan fingerprint density at radius 2 is 2.14 bits per heavy atom. The van der Waals surface area contributed by atoms with Gasteiger partial charge in [0.2, 0.25) is 5.91 Å². The van der Waals surface area contributed by atoms with Gasteiger partial charge in [0.15, 0.2) is 0 Å². The Balaban J connectivity index is 0.00000220. The molecule has 2 aromatic rings. The lowest BCUT2D eigenvalue weighted by molar-refractivity contribution is -0.121. The molecule has 0 aliphatic heterocycles. The van der Waals surface area contributed by atoms with Crippen molar-refractivity contribution >= 4 is 39.7 Å². The molecule has 0 aliphatic carbocycles. The fourth-order valence-electron chi connectivity index (χ4n) is 1.99. The number of thiophene rings is 1. The molecular formula is C15H21ClN2O2S. The number of carbonyl (C=O) groups excluding carboxylic acids is 1. The number of benzene rings is 1. The minimum Gasteiger partial charge on any atom is -0.386 e. The van der Waals surface area contributed by atoms with E-state index in [0.29, 0.717) is 6.42 Å². The molecule has 0 aliphatic rings. The maximum absolute atomic E-state index is 11.6. The van der Waals surface area contributed by atoms with Gasteiger partial charge in [0.1, 0.15) is 6.10 Å². The highest BCUT2D eigenvalue weighted by atomic mass is 35.5. The molecule has 116 valence electrons. The Kier molecular flexibility index (Phi) is 7.67. The Hall–Kier alpha value is -1.14. The van der Waals surface area contributed by atoms with E-state index in [9.17, 15) is 9.90 Å². The number of hydrogen-bond acceptors (Lipinski definition) is 4. The molecule has 21 heavy (non-hydrogen) atoms. The number of rotatable bonds is 7. The van der Waals surface area contributed by atoms with Gasteiger partial charge in [-0.05, 0) is 37.5 Å². The van der Waals surface area contributed by atoms with E-state index in [0.717, 1.165) is 27.9 Å². The number of carbonyl (C=O) groups is 1. The molecule has 0 bridgehead atoms. The van der Waals surface area contributed by atoms with Crippen LogP contribution in [0.3, 0.4) is 0 Å². The first-order valence-corrected chi connectivity index (χ1v) is 7.60. The van der Waals surface area contributed by atoms with Crippen molar-refractivity contribution in [2.75, 3.05) is 20.1 Å². The van der Waals surface area contributed by atoms with Gasteiger partial charge >= 0.3 is 0 Å². The summed E-state index contributed by atoms with van der Waals surface area (Å²) in [6, 6.07) is 10.0. The normalized spacial score (nSPS) is 11.9. The molecule has 1 atom stereocenters. The molecule has 2 rings (SSSR count). The first-order valence-electron chi connectivity index (χ1n) is 6.78. The Morgan fingerprint density at radius 3 is 2.86 bits per heavy atom. The summed E-state index contributed by atoms with van der Waals surface area (Å²) in [5.41, 5.74) is 0. The molecule has 0 saturated carbocycles. The molecule has 1 aromatic heterocycles. The van der Waals surface area contributed by atoms with Crippen molar-refractivity contribution in [3.05, 3.63) is 35.2 Å². The van der Waals surface area contributed by atoms with E-state index in [1.165, 1.54) is 0 Å². The van der Waals surface area contributed by atoms with E-state index in [2.05, 4.69) is 10.6 Å². The molecule has 0 radical (unpaired) electrons. The van der Waals surface area contributed by atoms with Gasteiger partial charge in [-0.2, -0.15) is 0 Å². The predicted molar refractivity (Wildman–Crippen MR) is 90.2 cm³/mol. The molecule has 1 amide bonds. The minimum absolute atomic E-state index is 0. The molecule has 3 N–H and O–H groups in total. The molecule has 0 spiro atoms. The van der Waals surface area contributed by atoms with Crippen LogP contribution in [0.2, 0.25) is 0 Å². The molecule has 1 aromatic carbocycles. The average molecular weight is 329 g/mol. The second kappa shape index (κ2) is 9.00. The van der Waals surface area contributed by atoms with Crippen LogP contribution in [0.1, 0.15) is 23.8 Å². The van der Waals surface area contributed by atoms with Crippen molar-refractivity contribution in [1.29, 1.82) is 0 Å². The second-order valence-corrected chi connectivity index (χ2v) is 5.83. The third kappa shape index (κ3) is 5.28. The zero-order chi connectivity index (χ0) is 14.4. The van der Waals surface area contributed by atoms with Crippen LogP contribution in [-0.4, -0.2) is 31.2 Å². The van der Waals surface area contributed by atoms with Crippen molar-refractivity contribution < 1.29 is 9.90 Å². The van der Waals surface area contributed by atoms with Crippen LogP contribution in [-0.2, 0) is 4.79 Å². The van der Waals surface area contributed by atoms with E-state index < -0.39 is 6.10 Å².